The maximum Gasteiger partial charge on any atom is 0.278 e. The average Bonchev–Trinajstić information content (AvgIpc) is 1.61. The van der Waals surface area contributed by atoms with Gasteiger partial charge >= 0.3 is 0 Å². The highest BCUT2D eigenvalue weighted by Crippen LogP contribution is 2.43. The lowest BCUT2D eigenvalue weighted by Crippen LogP contribution is -2.44. The number of carbonyl (C=O) groups is 3. The van der Waals surface area contributed by atoms with Crippen molar-refractivity contribution in [3.05, 3.63) is 219 Å². The highest BCUT2D eigenvalue weighted by molar-refractivity contribution is 6.02. The molecule has 690 valence electrons. The normalized spacial score (nSPS) is 17.4. The summed E-state index contributed by atoms with van der Waals surface area (Å²) in [5, 5.41) is 15.2. The van der Waals surface area contributed by atoms with E-state index in [9.17, 15) is 28.8 Å². The first kappa shape index (κ1) is 85.4. The van der Waals surface area contributed by atoms with E-state index in [0.29, 0.717) is 142 Å². The molecule has 0 radical (unpaired) electrons. The van der Waals surface area contributed by atoms with E-state index in [4.69, 9.17) is 29.2 Å². The maximum atomic E-state index is 13.7. The van der Waals surface area contributed by atoms with Crippen molar-refractivity contribution in [2.45, 2.75) is 76.9 Å². The summed E-state index contributed by atoms with van der Waals surface area (Å²) in [6.07, 6.45) is 30.7. The summed E-state index contributed by atoms with van der Waals surface area (Å²) in [6, 6.07) is 36.2. The Hall–Kier alpha value is -15.1. The number of piperidine rings is 1. The van der Waals surface area contributed by atoms with Gasteiger partial charge in [0.05, 0.1) is 76.0 Å². The number of benzene rings is 6. The molecule has 3 amide bonds. The molecule has 9 aliphatic heterocycles. The number of fused-ring (bicyclic) bond motifs is 18. The van der Waals surface area contributed by atoms with Gasteiger partial charge in [-0.15, -0.1) is 0 Å². The van der Waals surface area contributed by atoms with Crippen LogP contribution < -0.4 is 71.3 Å². The average molecular weight is 1820 g/mol. The maximum absolute atomic E-state index is 13.7. The van der Waals surface area contributed by atoms with E-state index in [2.05, 4.69) is 197 Å². The first-order valence-corrected chi connectivity index (χ1v) is 46.6. The predicted octanol–water partition coefficient (Wildman–Crippen LogP) is 12.0. The first-order chi connectivity index (χ1) is 65.8. The third kappa shape index (κ3) is 16.1. The monoisotopic (exact) mass is 1810 g/mol. The Bertz CT molecular complexity index is 7240. The molecule has 9 aromatic heterocycles. The number of nitrogens with one attached hydrogen (secondary N) is 3. The Morgan fingerprint density at radius 2 is 0.719 bits per heavy atom. The second-order valence-corrected chi connectivity index (χ2v) is 36.4. The van der Waals surface area contributed by atoms with Gasteiger partial charge in [-0.25, -0.2) is 43.0 Å². The van der Waals surface area contributed by atoms with Crippen LogP contribution >= 0.6 is 0 Å². The lowest BCUT2D eigenvalue weighted by molar-refractivity contribution is -0.122. The number of anilines is 11. The van der Waals surface area contributed by atoms with E-state index < -0.39 is 0 Å². The van der Waals surface area contributed by atoms with Crippen molar-refractivity contribution < 1.29 is 28.6 Å². The van der Waals surface area contributed by atoms with Crippen molar-refractivity contribution in [2.24, 2.45) is 21.1 Å². The molecule has 3 saturated heterocycles. The lowest BCUT2D eigenvalue weighted by atomic mass is 9.89. The first-order valence-electron chi connectivity index (χ1n) is 46.6. The SMILES string of the molecule is CN1CCC(c2cn(C)c3cc(Nc4ncc5c(=O)n6n(c5n4)-c4ccc5c(c4)N(CCCC=CC6)C(=O)CO5)ccc23)CC1.CN1CCN(c2cc(Nc3ncc4c(=O)n5n(c4n3)-c3ccc4c(c3)N(CCCC=CC5)C(=O)CO4)cc3c2ccn3C)CC1.CN1CCN(c2cn(C)c3cc(Nc4ncc5c(=O)n6n(c5n4)-c4ccc5c(c4)N(CCCC=CC6)C(=O)CO5)ccc23)CC1. The summed E-state index contributed by atoms with van der Waals surface area (Å²) >= 11 is 0. The number of carbonyl (C=O) groups excluding carboxylic acids is 3. The number of allylic oxidation sites excluding steroid dienone is 6. The van der Waals surface area contributed by atoms with Gasteiger partial charge in [-0.1, -0.05) is 42.5 Å². The van der Waals surface area contributed by atoms with Gasteiger partial charge in [-0.05, 0) is 200 Å². The third-order valence-electron chi connectivity index (χ3n) is 27.6. The van der Waals surface area contributed by atoms with Crippen LogP contribution in [0, 0.1) is 0 Å². The number of hydrogen-bond donors (Lipinski definition) is 3. The molecular formula is C100H106N26O9. The fourth-order valence-corrected chi connectivity index (χ4v) is 20.2. The van der Waals surface area contributed by atoms with Crippen LogP contribution in [0.1, 0.15) is 62.8 Å². The van der Waals surface area contributed by atoms with Gasteiger partial charge in [0.1, 0.15) is 33.4 Å². The van der Waals surface area contributed by atoms with Gasteiger partial charge in [0.2, 0.25) is 17.8 Å². The largest absolute Gasteiger partial charge is 0.482 e. The van der Waals surface area contributed by atoms with E-state index in [-0.39, 0.29) is 54.2 Å². The Kier molecular flexibility index (Phi) is 22.4. The Balaban J connectivity index is 0.000000118. The zero-order chi connectivity index (χ0) is 92.0. The molecule has 35 heteroatoms. The molecule has 15 aromatic rings. The number of likely N-dealkylation sites (N-methyl/N-ethyl adjacent to an activating group) is 2. The molecule has 135 heavy (non-hydrogen) atoms. The standard InChI is InChI=1S/C34H36N8O3.2C33H35N9O3/c1-38-15-11-22(12-16-38)27-20-39(2)28-17-23(7-9-25(27)28)36-34-35-19-26-32(37-34)42-24-8-10-30-29(18-24)40(31(43)21-45-30)13-5-3-4-6-14-41(42)33(26)44;1-37-13-15-39(16-14-37)28-20-38(2)26-17-22(7-9-24(26)28)35-33-34-19-25-31(36-33)42-23-8-10-29-27(18-23)40(30(43)21-45-29)11-5-3-4-6-12-41(42)32(25)44;1-37-13-15-39(16-14-37)27-18-22(17-26-24(27)9-12-38(26)2)35-33-34-20-25-31(36-33)42-23-7-8-29-28(19-23)40(30(43)21-45-29)10-5-3-4-6-11-41(42)32(25)44/h4,6-10,17-20,22H,3,5,11-16,21H2,1-2H3,(H,35,36,37);4,6-10,17-20H,3,5,11-16,21H2,1-2H3,(H,34,35,36);4,6-9,12,17-20H,3,5,10-11,13-16,21H2,1-2H3,(H,34,35,36). The molecule has 0 unspecified atom stereocenters. The third-order valence-corrected chi connectivity index (χ3v) is 27.6. The number of ether oxygens (including phenoxy) is 3. The molecule has 24 rings (SSSR count). The predicted molar refractivity (Wildman–Crippen MR) is 526 cm³/mol. The van der Waals surface area contributed by atoms with E-state index in [1.54, 1.807) is 47.3 Å². The fraction of sp³-hybridized carbons (Fsp3) is 0.340. The number of piperazine rings is 2. The van der Waals surface area contributed by atoms with Crippen LogP contribution in [0.4, 0.5) is 63.3 Å². The number of aromatic nitrogens is 15. The van der Waals surface area contributed by atoms with Gasteiger partial charge in [-0.2, -0.15) is 15.0 Å². The van der Waals surface area contributed by atoms with Gasteiger partial charge in [0, 0.05) is 169 Å². The number of aryl methyl sites for hydroxylation is 3. The van der Waals surface area contributed by atoms with Crippen molar-refractivity contribution in [1.29, 1.82) is 0 Å². The summed E-state index contributed by atoms with van der Waals surface area (Å²) in [5.74, 6) is 3.48. The molecule has 0 atom stereocenters. The minimum Gasteiger partial charge on any atom is -0.482 e. The molecule has 9 aliphatic rings. The van der Waals surface area contributed by atoms with Crippen molar-refractivity contribution in [3.8, 4) is 34.3 Å². The molecule has 6 bridgehead atoms. The van der Waals surface area contributed by atoms with E-state index >= 15 is 0 Å². The van der Waals surface area contributed by atoms with E-state index in [0.717, 1.165) is 143 Å². The molecule has 0 spiro atoms. The Morgan fingerprint density at radius 1 is 0.341 bits per heavy atom. The van der Waals surface area contributed by atoms with Crippen LogP contribution in [0.25, 0.3) is 82.9 Å². The highest BCUT2D eigenvalue weighted by Gasteiger charge is 2.34. The topological polar surface area (TPSA) is 314 Å². The molecule has 3 N–H and O–H groups in total. The number of hydrogen-bond acceptors (Lipinski definition) is 23. The molecule has 6 aromatic carbocycles. The van der Waals surface area contributed by atoms with Crippen LogP contribution in [0.5, 0.6) is 17.2 Å². The molecule has 18 heterocycles. The summed E-state index contributed by atoms with van der Waals surface area (Å²) in [5.41, 5.74) is 15.0. The van der Waals surface area contributed by atoms with E-state index in [1.165, 1.54) is 45.9 Å². The minimum atomic E-state index is -0.179. The van der Waals surface area contributed by atoms with Gasteiger partial charge in [0.25, 0.3) is 34.4 Å². The molecule has 3 fully saturated rings. The summed E-state index contributed by atoms with van der Waals surface area (Å²) < 4.78 is 34.2. The van der Waals surface area contributed by atoms with Crippen LogP contribution in [0.2, 0.25) is 0 Å². The van der Waals surface area contributed by atoms with Crippen molar-refractivity contribution in [1.82, 2.24) is 86.4 Å². The molecular weight excluding hydrogens is 1710 g/mol. The fourth-order valence-electron chi connectivity index (χ4n) is 20.2. The van der Waals surface area contributed by atoms with Crippen molar-refractivity contribution >= 4 is 147 Å². The molecule has 0 saturated carbocycles. The highest BCUT2D eigenvalue weighted by atomic mass is 16.5. The number of likely N-dealkylation sites (tertiary alicyclic amines) is 1. The van der Waals surface area contributed by atoms with Crippen LogP contribution in [0.3, 0.4) is 0 Å². The van der Waals surface area contributed by atoms with Gasteiger partial charge in [0.15, 0.2) is 36.8 Å². The number of amides is 3. The van der Waals surface area contributed by atoms with Crippen LogP contribution in [-0.2, 0) is 55.2 Å². The summed E-state index contributed by atoms with van der Waals surface area (Å²) in [4.78, 5) is 125. The molecule has 0 aliphatic carbocycles. The second-order valence-electron chi connectivity index (χ2n) is 36.4. The number of nitrogens with zero attached hydrogens (tertiary/aromatic N) is 23. The smallest absolute Gasteiger partial charge is 0.278 e. The van der Waals surface area contributed by atoms with Crippen LogP contribution in [0.15, 0.2) is 197 Å². The Labute approximate surface area is 776 Å². The van der Waals surface area contributed by atoms with Crippen LogP contribution in [-0.4, -0.2) is 230 Å². The van der Waals surface area contributed by atoms with Crippen molar-refractivity contribution in [2.75, 3.05) is 166 Å². The van der Waals surface area contributed by atoms with E-state index in [1.807, 2.05) is 92.9 Å². The molecule has 35 nitrogen and oxygen atoms in total. The second kappa shape index (κ2) is 35.5. The Morgan fingerprint density at radius 3 is 1.16 bits per heavy atom. The zero-order valence-corrected chi connectivity index (χ0v) is 76.4. The lowest BCUT2D eigenvalue weighted by Gasteiger charge is -2.34. The van der Waals surface area contributed by atoms with Gasteiger partial charge in [-0.3, -0.25) is 28.8 Å². The summed E-state index contributed by atoms with van der Waals surface area (Å²) in [7, 11) is 12.7. The van der Waals surface area contributed by atoms with Gasteiger partial charge < -0.3 is 83.1 Å². The van der Waals surface area contributed by atoms with Crippen molar-refractivity contribution in [3.63, 3.8) is 0 Å². The summed E-state index contributed by atoms with van der Waals surface area (Å²) in [6.45, 7) is 13.3. The quantitative estimate of drug-likeness (QED) is 0.113. The number of rotatable bonds is 9. The minimum absolute atomic E-state index is 0.0205. The zero-order valence-electron chi connectivity index (χ0n) is 76.4.